The van der Waals surface area contributed by atoms with Crippen LogP contribution in [-0.4, -0.2) is 80.7 Å². The molecule has 2 aliphatic heterocycles. The van der Waals surface area contributed by atoms with Crippen LogP contribution in [0.25, 0.3) is 5.69 Å². The molecule has 2 aliphatic rings. The lowest BCUT2D eigenvalue weighted by molar-refractivity contribution is -0.192. The smallest absolute Gasteiger partial charge is 0.350 e. The van der Waals surface area contributed by atoms with Gasteiger partial charge in [0.1, 0.15) is 55.6 Å². The average molecular weight is 792 g/mol. The van der Waals surface area contributed by atoms with Gasteiger partial charge in [0.2, 0.25) is 5.79 Å². The van der Waals surface area contributed by atoms with E-state index < -0.39 is 23.5 Å². The van der Waals surface area contributed by atoms with E-state index in [0.29, 0.717) is 5.75 Å². The number of anilines is 2. The Morgan fingerprint density at radius 2 is 1.52 bits per heavy atom. The van der Waals surface area contributed by atoms with Crippen LogP contribution in [0.4, 0.5) is 20.2 Å². The SMILES string of the molecule is C[C@@H](N[C@H](C)[C@H](C)n1ncn(-c2ccc(N3CCN(c4ccc(OC[C@@H]5CO[C@@](Cn6cncn6)(c6ccc(F)cc6F)O5)cc4)CC3)cc2)c1=O)c1ccccc1. The minimum absolute atomic E-state index is 0.0141. The molecule has 2 saturated heterocycles. The van der Waals surface area contributed by atoms with Crippen LogP contribution in [-0.2, 0) is 21.8 Å². The van der Waals surface area contributed by atoms with Gasteiger partial charge in [0, 0.05) is 61.3 Å². The predicted molar refractivity (Wildman–Crippen MR) is 215 cm³/mol. The van der Waals surface area contributed by atoms with Crippen molar-refractivity contribution in [3.05, 3.63) is 149 Å². The Hall–Kier alpha value is -5.90. The van der Waals surface area contributed by atoms with Crippen LogP contribution in [0.1, 0.15) is 44.0 Å². The van der Waals surface area contributed by atoms with E-state index >= 15 is 0 Å². The molecule has 13 nitrogen and oxygen atoms in total. The van der Waals surface area contributed by atoms with Gasteiger partial charge in [-0.15, -0.1) is 0 Å². The standard InChI is InChI=1S/C43H47F2N9O4/c1-30(49-31(2)33-7-5-4-6-8-33)32(3)54-42(55)53(29-48-54)37-12-10-35(11-13-37)50-19-21-51(22-20-50)36-14-16-38(17-15-36)56-24-39-25-57-43(58-39,26-52-28-46-27-47-52)40-18-9-34(44)23-41(40)45/h4-18,23,27-32,39,49H,19-22,24-26H2,1-3H3/t30-,31-,32+,39-,43-/m1/s1. The summed E-state index contributed by atoms with van der Waals surface area (Å²) in [6, 6.07) is 29.6. The number of rotatable bonds is 14. The summed E-state index contributed by atoms with van der Waals surface area (Å²) < 4.78 is 51.7. The van der Waals surface area contributed by atoms with Crippen molar-refractivity contribution in [2.24, 2.45) is 0 Å². The van der Waals surface area contributed by atoms with Crippen molar-refractivity contribution in [3.8, 4) is 11.4 Å². The number of halogens is 2. The molecule has 1 N–H and O–H groups in total. The van der Waals surface area contributed by atoms with Crippen molar-refractivity contribution in [1.82, 2.24) is 34.4 Å². The van der Waals surface area contributed by atoms with E-state index in [2.05, 4.69) is 68.4 Å². The number of nitrogens with one attached hydrogen (secondary N) is 1. The third-order valence-electron chi connectivity index (χ3n) is 11.1. The number of piperazine rings is 1. The third kappa shape index (κ3) is 8.37. The fraction of sp³-hybridized carbons (Fsp3) is 0.349. The van der Waals surface area contributed by atoms with Gasteiger partial charge in [-0.2, -0.15) is 10.2 Å². The van der Waals surface area contributed by atoms with Crippen molar-refractivity contribution in [1.29, 1.82) is 0 Å². The largest absolute Gasteiger partial charge is 0.491 e. The van der Waals surface area contributed by atoms with Crippen molar-refractivity contribution in [3.63, 3.8) is 0 Å². The Labute approximate surface area is 335 Å². The lowest BCUT2D eigenvalue weighted by Gasteiger charge is -2.37. The van der Waals surface area contributed by atoms with E-state index in [1.165, 1.54) is 35.0 Å². The minimum Gasteiger partial charge on any atom is -0.491 e. The molecule has 0 saturated carbocycles. The van der Waals surface area contributed by atoms with Crippen LogP contribution in [0, 0.1) is 11.6 Å². The molecule has 0 aliphatic carbocycles. The first kappa shape index (κ1) is 38.9. The van der Waals surface area contributed by atoms with Crippen molar-refractivity contribution >= 4 is 11.4 Å². The Balaban J connectivity index is 0.825. The zero-order valence-corrected chi connectivity index (χ0v) is 32.7. The second-order valence-corrected chi connectivity index (χ2v) is 14.9. The molecule has 4 heterocycles. The Morgan fingerprint density at radius 1 is 0.845 bits per heavy atom. The van der Waals surface area contributed by atoms with Gasteiger partial charge in [-0.1, -0.05) is 30.3 Å². The summed E-state index contributed by atoms with van der Waals surface area (Å²) in [5, 5.41) is 12.2. The molecule has 8 rings (SSSR count). The maximum atomic E-state index is 14.9. The normalized spacial score (nSPS) is 19.9. The van der Waals surface area contributed by atoms with Crippen LogP contribution in [0.2, 0.25) is 0 Å². The van der Waals surface area contributed by atoms with Gasteiger partial charge in [0.25, 0.3) is 0 Å². The van der Waals surface area contributed by atoms with E-state index in [1.807, 2.05) is 61.5 Å². The topological polar surface area (TPSA) is 117 Å². The molecule has 5 atom stereocenters. The van der Waals surface area contributed by atoms with E-state index in [1.54, 1.807) is 15.6 Å². The Morgan fingerprint density at radius 3 is 2.17 bits per heavy atom. The van der Waals surface area contributed by atoms with Crippen molar-refractivity contribution in [2.75, 3.05) is 49.2 Å². The molecule has 4 aromatic carbocycles. The van der Waals surface area contributed by atoms with Gasteiger partial charge in [-0.3, -0.25) is 0 Å². The monoisotopic (exact) mass is 791 g/mol. The molecule has 0 bridgehead atoms. The molecule has 15 heteroatoms. The van der Waals surface area contributed by atoms with Crippen LogP contribution in [0.5, 0.6) is 5.75 Å². The van der Waals surface area contributed by atoms with Crippen molar-refractivity contribution in [2.45, 2.75) is 57.3 Å². The minimum atomic E-state index is -1.52. The number of aromatic nitrogens is 6. The van der Waals surface area contributed by atoms with Crippen LogP contribution < -0.4 is 25.5 Å². The summed E-state index contributed by atoms with van der Waals surface area (Å²) in [7, 11) is 0. The zero-order valence-electron chi connectivity index (χ0n) is 32.7. The number of ether oxygens (including phenoxy) is 3. The van der Waals surface area contributed by atoms with E-state index in [4.69, 9.17) is 14.2 Å². The molecule has 0 amide bonds. The van der Waals surface area contributed by atoms with Crippen molar-refractivity contribution < 1.29 is 23.0 Å². The third-order valence-corrected chi connectivity index (χ3v) is 11.1. The fourth-order valence-corrected chi connectivity index (χ4v) is 7.63. The lowest BCUT2D eigenvalue weighted by atomic mass is 10.0. The zero-order chi connectivity index (χ0) is 40.2. The van der Waals surface area contributed by atoms with Gasteiger partial charge in [-0.25, -0.2) is 32.5 Å². The van der Waals surface area contributed by atoms with Gasteiger partial charge in [0.05, 0.1) is 18.3 Å². The van der Waals surface area contributed by atoms with Crippen LogP contribution in [0.15, 0.2) is 121 Å². The molecule has 2 fully saturated rings. The first-order chi connectivity index (χ1) is 28.2. The first-order valence-corrected chi connectivity index (χ1v) is 19.6. The van der Waals surface area contributed by atoms with Gasteiger partial charge in [-0.05, 0) is 87.0 Å². The number of benzene rings is 4. The van der Waals surface area contributed by atoms with Gasteiger partial charge < -0.3 is 29.3 Å². The molecule has 58 heavy (non-hydrogen) atoms. The highest BCUT2D eigenvalue weighted by Gasteiger charge is 2.46. The first-order valence-electron chi connectivity index (χ1n) is 19.6. The molecule has 0 spiro atoms. The predicted octanol–water partition coefficient (Wildman–Crippen LogP) is 5.88. The molecule has 302 valence electrons. The molecular weight excluding hydrogens is 745 g/mol. The molecule has 2 aromatic heterocycles. The van der Waals surface area contributed by atoms with Gasteiger partial charge >= 0.3 is 5.69 Å². The second-order valence-electron chi connectivity index (χ2n) is 14.9. The summed E-state index contributed by atoms with van der Waals surface area (Å²) in [5.41, 5.74) is 4.05. The summed E-state index contributed by atoms with van der Waals surface area (Å²) in [6.45, 7) is 9.90. The number of hydrogen-bond donors (Lipinski definition) is 1. The summed E-state index contributed by atoms with van der Waals surface area (Å²) >= 11 is 0. The van der Waals surface area contributed by atoms with Gasteiger partial charge in [0.15, 0.2) is 0 Å². The fourth-order valence-electron chi connectivity index (χ4n) is 7.63. The quantitative estimate of drug-likeness (QED) is 0.144. The summed E-state index contributed by atoms with van der Waals surface area (Å²) in [6.07, 6.45) is 3.93. The molecule has 0 radical (unpaired) electrons. The molecule has 6 aromatic rings. The highest BCUT2D eigenvalue weighted by atomic mass is 19.1. The molecule has 0 unspecified atom stereocenters. The number of nitrogens with zero attached hydrogens (tertiary/aromatic N) is 8. The highest BCUT2D eigenvalue weighted by molar-refractivity contribution is 5.54. The van der Waals surface area contributed by atoms with Crippen LogP contribution >= 0.6 is 0 Å². The van der Waals surface area contributed by atoms with Crippen LogP contribution in [0.3, 0.4) is 0 Å². The van der Waals surface area contributed by atoms with E-state index in [9.17, 15) is 13.6 Å². The lowest BCUT2D eigenvalue weighted by Crippen LogP contribution is -2.46. The maximum absolute atomic E-state index is 14.9. The van der Waals surface area contributed by atoms with E-state index in [0.717, 1.165) is 49.3 Å². The number of hydrogen-bond acceptors (Lipinski definition) is 10. The maximum Gasteiger partial charge on any atom is 0.350 e. The summed E-state index contributed by atoms with van der Waals surface area (Å²) in [5.74, 6) is -2.32. The Kier molecular flexibility index (Phi) is 11.4. The summed E-state index contributed by atoms with van der Waals surface area (Å²) in [4.78, 5) is 22.1. The highest BCUT2D eigenvalue weighted by Crippen LogP contribution is 2.38. The average Bonchev–Trinajstić information content (AvgIpc) is 4.01. The van der Waals surface area contributed by atoms with E-state index in [-0.39, 0.29) is 49.1 Å². The second kappa shape index (κ2) is 16.9. The Bertz CT molecular complexity index is 2320. The molecular formula is C43H47F2N9O4.